The molecule has 0 radical (unpaired) electrons. The Morgan fingerprint density at radius 1 is 1.14 bits per heavy atom. The van der Waals surface area contributed by atoms with Gasteiger partial charge in [-0.3, -0.25) is 9.69 Å². The minimum atomic E-state index is 0.203. The van der Waals surface area contributed by atoms with Gasteiger partial charge in [-0.05, 0) is 23.7 Å². The van der Waals surface area contributed by atoms with Gasteiger partial charge in [0.15, 0.2) is 0 Å². The molecule has 1 amide bonds. The van der Waals surface area contributed by atoms with Crippen molar-refractivity contribution in [1.82, 2.24) is 9.80 Å². The highest BCUT2D eigenvalue weighted by molar-refractivity contribution is 5.73. The van der Waals surface area contributed by atoms with Crippen molar-refractivity contribution in [3.05, 3.63) is 0 Å². The van der Waals surface area contributed by atoms with Gasteiger partial charge < -0.3 is 9.64 Å². The van der Waals surface area contributed by atoms with Crippen LogP contribution in [0, 0.1) is 10.8 Å². The Balaban J connectivity index is 2.55. The topological polar surface area (TPSA) is 32.8 Å². The molecule has 0 aromatic heterocycles. The van der Waals surface area contributed by atoms with Gasteiger partial charge in [0.1, 0.15) is 0 Å². The van der Waals surface area contributed by atoms with E-state index in [9.17, 15) is 4.79 Å². The summed E-state index contributed by atoms with van der Waals surface area (Å²) >= 11 is 0. The van der Waals surface area contributed by atoms with E-state index in [0.29, 0.717) is 5.41 Å². The number of ether oxygens (including phenoxy) is 1. The fourth-order valence-corrected chi connectivity index (χ4v) is 3.65. The lowest BCUT2D eigenvalue weighted by Crippen LogP contribution is -2.51. The van der Waals surface area contributed by atoms with Gasteiger partial charge in [-0.2, -0.15) is 0 Å². The highest BCUT2D eigenvalue weighted by atomic mass is 16.5. The predicted molar refractivity (Wildman–Crippen MR) is 87.4 cm³/mol. The van der Waals surface area contributed by atoms with E-state index in [1.807, 2.05) is 4.90 Å². The second kappa shape index (κ2) is 7.59. The maximum atomic E-state index is 11.4. The molecule has 0 aromatic carbocycles. The van der Waals surface area contributed by atoms with Crippen molar-refractivity contribution < 1.29 is 9.53 Å². The number of nitrogens with zero attached hydrogens (tertiary/aromatic N) is 2. The lowest BCUT2D eigenvalue weighted by atomic mass is 9.72. The molecule has 1 unspecified atom stereocenters. The van der Waals surface area contributed by atoms with Gasteiger partial charge in [-0.25, -0.2) is 0 Å². The molecule has 124 valence electrons. The molecule has 0 aromatic rings. The van der Waals surface area contributed by atoms with Crippen molar-refractivity contribution in [3.63, 3.8) is 0 Å². The molecular formula is C17H34N2O2. The molecule has 21 heavy (non-hydrogen) atoms. The fraction of sp³-hybridized carbons (Fsp3) is 0.941. The van der Waals surface area contributed by atoms with E-state index in [1.54, 1.807) is 14.0 Å². The van der Waals surface area contributed by atoms with E-state index < -0.39 is 0 Å². The molecule has 1 atom stereocenters. The van der Waals surface area contributed by atoms with Crippen LogP contribution in [-0.2, 0) is 9.53 Å². The minimum absolute atomic E-state index is 0.203. The average Bonchev–Trinajstić information content (AvgIpc) is 2.38. The molecule has 0 spiro atoms. The Labute approximate surface area is 130 Å². The van der Waals surface area contributed by atoms with Gasteiger partial charge in [-0.1, -0.05) is 27.7 Å². The summed E-state index contributed by atoms with van der Waals surface area (Å²) in [5, 5.41) is 0. The number of carbonyl (C=O) groups excluding carboxylic acids is 1. The SMILES string of the molecule is CCC(C)(CN1CCN(C(C)=O)CC1)CC(C)(C)COC. The van der Waals surface area contributed by atoms with Crippen molar-refractivity contribution in [2.24, 2.45) is 10.8 Å². The maximum Gasteiger partial charge on any atom is 0.219 e. The zero-order chi connectivity index (χ0) is 16.1. The quantitative estimate of drug-likeness (QED) is 0.724. The number of carbonyl (C=O) groups is 1. The first-order chi connectivity index (χ1) is 9.71. The summed E-state index contributed by atoms with van der Waals surface area (Å²) in [4.78, 5) is 15.9. The van der Waals surface area contributed by atoms with E-state index in [2.05, 4.69) is 32.6 Å². The molecule has 0 N–H and O–H groups in total. The third kappa shape index (κ3) is 5.95. The summed E-state index contributed by atoms with van der Waals surface area (Å²) < 4.78 is 5.37. The molecular weight excluding hydrogens is 264 g/mol. The Morgan fingerprint density at radius 3 is 2.14 bits per heavy atom. The summed E-state index contributed by atoms with van der Waals surface area (Å²) in [6.45, 7) is 16.6. The number of hydrogen-bond donors (Lipinski definition) is 0. The van der Waals surface area contributed by atoms with Crippen LogP contribution in [0.25, 0.3) is 0 Å². The predicted octanol–water partition coefficient (Wildman–Crippen LogP) is 2.63. The number of methoxy groups -OCH3 is 1. The molecule has 0 saturated carbocycles. The lowest BCUT2D eigenvalue weighted by molar-refractivity contribution is -0.130. The minimum Gasteiger partial charge on any atom is -0.384 e. The highest BCUT2D eigenvalue weighted by Crippen LogP contribution is 2.37. The average molecular weight is 298 g/mol. The number of rotatable bonds is 7. The fourth-order valence-electron chi connectivity index (χ4n) is 3.65. The standard InChI is InChI=1S/C17H34N2O2/c1-7-17(5,12-16(3,4)14-21-6)13-18-8-10-19(11-9-18)15(2)20/h7-14H2,1-6H3. The monoisotopic (exact) mass is 298 g/mol. The molecule has 1 heterocycles. The van der Waals surface area contributed by atoms with Gasteiger partial charge in [0.05, 0.1) is 6.61 Å². The van der Waals surface area contributed by atoms with Crippen LogP contribution >= 0.6 is 0 Å². The molecule has 1 fully saturated rings. The smallest absolute Gasteiger partial charge is 0.219 e. The first kappa shape index (κ1) is 18.4. The number of hydrogen-bond acceptors (Lipinski definition) is 3. The zero-order valence-electron chi connectivity index (χ0n) is 14.9. The summed E-state index contributed by atoms with van der Waals surface area (Å²) in [6, 6.07) is 0. The summed E-state index contributed by atoms with van der Waals surface area (Å²) in [6.07, 6.45) is 2.34. The van der Waals surface area contributed by atoms with Crippen molar-refractivity contribution >= 4 is 5.91 Å². The number of amides is 1. The highest BCUT2D eigenvalue weighted by Gasteiger charge is 2.33. The van der Waals surface area contributed by atoms with Crippen LogP contribution in [0.1, 0.15) is 47.5 Å². The summed E-state index contributed by atoms with van der Waals surface area (Å²) in [5.74, 6) is 0.203. The third-order valence-corrected chi connectivity index (χ3v) is 4.72. The van der Waals surface area contributed by atoms with Crippen molar-refractivity contribution in [3.8, 4) is 0 Å². The van der Waals surface area contributed by atoms with Crippen LogP contribution in [0.4, 0.5) is 0 Å². The molecule has 1 rings (SSSR count). The van der Waals surface area contributed by atoms with E-state index in [0.717, 1.165) is 45.8 Å². The molecule has 1 aliphatic rings. The van der Waals surface area contributed by atoms with E-state index >= 15 is 0 Å². The van der Waals surface area contributed by atoms with Crippen LogP contribution < -0.4 is 0 Å². The van der Waals surface area contributed by atoms with Crippen LogP contribution in [0.3, 0.4) is 0 Å². The Morgan fingerprint density at radius 2 is 1.71 bits per heavy atom. The Kier molecular flexibility index (Phi) is 6.67. The lowest BCUT2D eigenvalue weighted by Gasteiger charge is -2.43. The largest absolute Gasteiger partial charge is 0.384 e. The van der Waals surface area contributed by atoms with Gasteiger partial charge in [0, 0.05) is 46.8 Å². The van der Waals surface area contributed by atoms with E-state index in [4.69, 9.17) is 4.74 Å². The molecule has 0 bridgehead atoms. The molecule has 4 nitrogen and oxygen atoms in total. The first-order valence-electron chi connectivity index (χ1n) is 8.18. The molecule has 1 aliphatic heterocycles. The summed E-state index contributed by atoms with van der Waals surface area (Å²) in [7, 11) is 1.78. The van der Waals surface area contributed by atoms with Crippen molar-refractivity contribution in [2.45, 2.75) is 47.5 Å². The third-order valence-electron chi connectivity index (χ3n) is 4.72. The van der Waals surface area contributed by atoms with Gasteiger partial charge in [-0.15, -0.1) is 0 Å². The maximum absolute atomic E-state index is 11.4. The van der Waals surface area contributed by atoms with Crippen molar-refractivity contribution in [1.29, 1.82) is 0 Å². The molecule has 0 aliphatic carbocycles. The zero-order valence-corrected chi connectivity index (χ0v) is 14.9. The number of piperazine rings is 1. The Hall–Kier alpha value is -0.610. The van der Waals surface area contributed by atoms with Crippen LogP contribution in [0.15, 0.2) is 0 Å². The van der Waals surface area contributed by atoms with E-state index in [1.165, 1.54) is 6.42 Å². The van der Waals surface area contributed by atoms with Gasteiger partial charge >= 0.3 is 0 Å². The summed E-state index contributed by atoms with van der Waals surface area (Å²) in [5.41, 5.74) is 0.515. The molecule has 4 heteroatoms. The normalized spacial score (nSPS) is 20.4. The van der Waals surface area contributed by atoms with Crippen LogP contribution in [0.2, 0.25) is 0 Å². The van der Waals surface area contributed by atoms with Gasteiger partial charge in [0.25, 0.3) is 0 Å². The van der Waals surface area contributed by atoms with Crippen LogP contribution in [0.5, 0.6) is 0 Å². The molecule has 1 saturated heterocycles. The second-order valence-corrected chi connectivity index (χ2v) is 7.72. The first-order valence-corrected chi connectivity index (χ1v) is 8.18. The van der Waals surface area contributed by atoms with Crippen LogP contribution in [-0.4, -0.2) is 62.1 Å². The van der Waals surface area contributed by atoms with E-state index in [-0.39, 0.29) is 11.3 Å². The Bertz CT molecular complexity index is 336. The van der Waals surface area contributed by atoms with Gasteiger partial charge in [0.2, 0.25) is 5.91 Å². The second-order valence-electron chi connectivity index (χ2n) is 7.72. The van der Waals surface area contributed by atoms with Crippen molar-refractivity contribution in [2.75, 3.05) is 46.4 Å².